The maximum absolute atomic E-state index is 13.8. The van der Waals surface area contributed by atoms with Crippen LogP contribution in [0.4, 0.5) is 20.2 Å². The van der Waals surface area contributed by atoms with E-state index >= 15 is 0 Å². The molecule has 3 aromatic rings. The van der Waals surface area contributed by atoms with E-state index in [0.29, 0.717) is 36.5 Å². The lowest BCUT2D eigenvalue weighted by Crippen LogP contribution is -2.33. The monoisotopic (exact) mass is 468 g/mol. The first-order valence-electron chi connectivity index (χ1n) is 10.8. The molecule has 1 aliphatic rings. The quantitative estimate of drug-likeness (QED) is 0.402. The van der Waals surface area contributed by atoms with Crippen molar-refractivity contribution in [1.82, 2.24) is 14.9 Å². The van der Waals surface area contributed by atoms with Crippen molar-refractivity contribution in [2.45, 2.75) is 46.1 Å². The molecule has 0 unspecified atom stereocenters. The van der Waals surface area contributed by atoms with Crippen LogP contribution >= 0.6 is 0 Å². The fourth-order valence-electron chi connectivity index (χ4n) is 3.80. The number of para-hydroxylation sites is 1. The summed E-state index contributed by atoms with van der Waals surface area (Å²) >= 11 is 0. The lowest BCUT2D eigenvalue weighted by Gasteiger charge is -2.17. The molecule has 1 saturated carbocycles. The Bertz CT molecular complexity index is 1160. The number of rotatable bonds is 9. The highest BCUT2D eigenvalue weighted by Gasteiger charge is 2.51. The second-order valence-electron chi connectivity index (χ2n) is 8.74. The van der Waals surface area contributed by atoms with Gasteiger partial charge in [0.15, 0.2) is 5.78 Å². The summed E-state index contributed by atoms with van der Waals surface area (Å²) in [4.78, 5) is 29.3. The van der Waals surface area contributed by atoms with E-state index in [1.54, 1.807) is 54.5 Å². The first-order chi connectivity index (χ1) is 15.7. The topological polar surface area (TPSA) is 76.0 Å². The minimum absolute atomic E-state index is 0. The van der Waals surface area contributed by atoms with Crippen LogP contribution in [-0.2, 0) is 24.3 Å². The summed E-state index contributed by atoms with van der Waals surface area (Å²) in [5.74, 6) is -3.21. The van der Waals surface area contributed by atoms with Crippen molar-refractivity contribution in [3.8, 4) is 0 Å². The number of ketones is 1. The van der Waals surface area contributed by atoms with E-state index in [9.17, 15) is 18.4 Å². The molecule has 0 saturated heterocycles. The second kappa shape index (κ2) is 9.75. The Morgan fingerprint density at radius 1 is 1.12 bits per heavy atom. The zero-order valence-electron chi connectivity index (χ0n) is 18.6. The maximum atomic E-state index is 13.8. The fourth-order valence-corrected chi connectivity index (χ4v) is 3.80. The predicted molar refractivity (Wildman–Crippen MR) is 128 cm³/mol. The van der Waals surface area contributed by atoms with Gasteiger partial charge in [0.05, 0.1) is 11.7 Å². The van der Waals surface area contributed by atoms with E-state index in [1.165, 1.54) is 6.07 Å². The third-order valence-corrected chi connectivity index (χ3v) is 5.91. The smallest absolute Gasteiger partial charge is 0.272 e. The molecule has 1 fully saturated rings. The van der Waals surface area contributed by atoms with E-state index in [0.717, 1.165) is 12.5 Å². The molecule has 0 spiro atoms. The highest BCUT2D eigenvalue weighted by molar-refractivity contribution is 5.99. The SMILES string of the molecule is C.Cn1cnc(C(=O)CC2(C(=O)NCc3ccc(Nc4ccccc4C(C)(F)F)cc3)CC2)c1. The Morgan fingerprint density at radius 3 is 2.38 bits per heavy atom. The van der Waals surface area contributed by atoms with Gasteiger partial charge in [-0.15, -0.1) is 0 Å². The molecule has 1 aromatic heterocycles. The Kier molecular flexibility index (Phi) is 7.19. The van der Waals surface area contributed by atoms with Crippen molar-refractivity contribution >= 4 is 23.1 Å². The lowest BCUT2D eigenvalue weighted by molar-refractivity contribution is -0.126. The van der Waals surface area contributed by atoms with E-state index in [1.807, 2.05) is 12.1 Å². The van der Waals surface area contributed by atoms with Gasteiger partial charge in [0.2, 0.25) is 5.91 Å². The molecule has 1 amide bonds. The summed E-state index contributed by atoms with van der Waals surface area (Å²) in [6.45, 7) is 1.19. The minimum Gasteiger partial charge on any atom is -0.355 e. The van der Waals surface area contributed by atoms with Gasteiger partial charge in [0.1, 0.15) is 5.69 Å². The van der Waals surface area contributed by atoms with Gasteiger partial charge >= 0.3 is 0 Å². The van der Waals surface area contributed by atoms with Crippen LogP contribution in [0, 0.1) is 5.41 Å². The number of Topliss-reactive ketones (excluding diaryl/α,β-unsaturated/α-hetero) is 1. The van der Waals surface area contributed by atoms with Crippen LogP contribution in [0.2, 0.25) is 0 Å². The van der Waals surface area contributed by atoms with Crippen LogP contribution in [0.3, 0.4) is 0 Å². The van der Waals surface area contributed by atoms with Gasteiger partial charge in [-0.1, -0.05) is 37.8 Å². The number of carbonyl (C=O) groups is 2. The van der Waals surface area contributed by atoms with Crippen LogP contribution in [0.1, 0.15) is 55.2 Å². The molecule has 0 atom stereocenters. The van der Waals surface area contributed by atoms with Crippen molar-refractivity contribution in [2.24, 2.45) is 12.5 Å². The molecule has 6 nitrogen and oxygen atoms in total. The standard InChI is InChI=1S/C25H26F2N4O2.CH4/c1-24(26,27)19-5-3-4-6-20(19)30-18-9-7-17(8-10-18)14-28-23(33)25(11-12-25)13-22(32)21-15-31(2)16-29-21;/h3-10,15-16,30H,11-14H2,1-2H3,(H,28,33);1H4. The predicted octanol–water partition coefficient (Wildman–Crippen LogP) is 5.58. The van der Waals surface area contributed by atoms with Crippen LogP contribution in [0.25, 0.3) is 0 Å². The number of imidazole rings is 1. The van der Waals surface area contributed by atoms with Crippen LogP contribution in [-0.4, -0.2) is 21.2 Å². The van der Waals surface area contributed by atoms with Gasteiger partial charge in [-0.25, -0.2) is 13.8 Å². The summed E-state index contributed by atoms with van der Waals surface area (Å²) in [6.07, 6.45) is 4.74. The number of halogens is 2. The summed E-state index contributed by atoms with van der Waals surface area (Å²) in [7, 11) is 1.79. The average Bonchev–Trinajstić information content (AvgIpc) is 3.43. The zero-order valence-corrected chi connectivity index (χ0v) is 18.6. The van der Waals surface area contributed by atoms with E-state index in [-0.39, 0.29) is 31.1 Å². The molecular weight excluding hydrogens is 438 g/mol. The summed E-state index contributed by atoms with van der Waals surface area (Å²) in [5, 5.41) is 5.96. The fraction of sp³-hybridized carbons (Fsp3) is 0.346. The first kappa shape index (κ1) is 25.1. The van der Waals surface area contributed by atoms with Crippen molar-refractivity contribution < 1.29 is 18.4 Å². The molecule has 0 bridgehead atoms. The number of hydrogen-bond donors (Lipinski definition) is 2. The number of amides is 1. The Balaban J connectivity index is 0.00000324. The van der Waals surface area contributed by atoms with Crippen molar-refractivity contribution in [3.63, 3.8) is 0 Å². The number of carbonyl (C=O) groups excluding carboxylic acids is 2. The van der Waals surface area contributed by atoms with Crippen LogP contribution < -0.4 is 10.6 Å². The summed E-state index contributed by atoms with van der Waals surface area (Å²) in [6, 6.07) is 13.5. The van der Waals surface area contributed by atoms with Crippen LogP contribution in [0.5, 0.6) is 0 Å². The van der Waals surface area contributed by atoms with E-state index in [2.05, 4.69) is 15.6 Å². The lowest BCUT2D eigenvalue weighted by atomic mass is 9.97. The number of aryl methyl sites for hydroxylation is 1. The van der Waals surface area contributed by atoms with Gasteiger partial charge in [0, 0.05) is 50.1 Å². The molecule has 0 aliphatic heterocycles. The molecule has 2 aromatic carbocycles. The normalized spacial score (nSPS) is 14.1. The van der Waals surface area contributed by atoms with E-state index in [4.69, 9.17) is 0 Å². The van der Waals surface area contributed by atoms with Gasteiger partial charge in [-0.2, -0.15) is 0 Å². The van der Waals surface area contributed by atoms with E-state index < -0.39 is 11.3 Å². The summed E-state index contributed by atoms with van der Waals surface area (Å²) in [5.41, 5.74) is 1.54. The zero-order chi connectivity index (χ0) is 23.6. The number of aromatic nitrogens is 2. The molecular formula is C26H30F2N4O2. The average molecular weight is 469 g/mol. The van der Waals surface area contributed by atoms with Gasteiger partial charge in [-0.05, 0) is 36.6 Å². The Hall–Kier alpha value is -3.55. The largest absolute Gasteiger partial charge is 0.355 e. The van der Waals surface area contributed by atoms with Crippen molar-refractivity contribution in [2.75, 3.05) is 5.32 Å². The molecule has 34 heavy (non-hydrogen) atoms. The van der Waals surface area contributed by atoms with Gasteiger partial charge < -0.3 is 15.2 Å². The van der Waals surface area contributed by atoms with Crippen molar-refractivity contribution in [1.29, 1.82) is 0 Å². The Labute approximate surface area is 198 Å². The number of benzene rings is 2. The highest BCUT2D eigenvalue weighted by atomic mass is 19.3. The number of anilines is 2. The number of nitrogens with one attached hydrogen (secondary N) is 2. The Morgan fingerprint density at radius 2 is 1.79 bits per heavy atom. The van der Waals surface area contributed by atoms with Crippen molar-refractivity contribution in [3.05, 3.63) is 77.9 Å². The molecule has 2 N–H and O–H groups in total. The maximum Gasteiger partial charge on any atom is 0.272 e. The molecule has 4 rings (SSSR count). The number of nitrogens with zero attached hydrogens (tertiary/aromatic N) is 2. The van der Waals surface area contributed by atoms with Gasteiger partial charge in [0.25, 0.3) is 5.92 Å². The summed E-state index contributed by atoms with van der Waals surface area (Å²) < 4.78 is 29.4. The first-order valence-corrected chi connectivity index (χ1v) is 10.8. The molecule has 180 valence electrons. The molecule has 1 heterocycles. The number of hydrogen-bond acceptors (Lipinski definition) is 4. The van der Waals surface area contributed by atoms with Gasteiger partial charge in [-0.3, -0.25) is 9.59 Å². The highest BCUT2D eigenvalue weighted by Crippen LogP contribution is 2.49. The third-order valence-electron chi connectivity index (χ3n) is 5.91. The third kappa shape index (κ3) is 5.68. The molecule has 0 radical (unpaired) electrons. The second-order valence-corrected chi connectivity index (χ2v) is 8.74. The minimum atomic E-state index is -2.95. The van der Waals surface area contributed by atoms with Crippen LogP contribution in [0.15, 0.2) is 61.1 Å². The number of alkyl halides is 2. The molecule has 1 aliphatic carbocycles. The molecule has 8 heteroatoms.